The molecule has 0 aromatic carbocycles. The summed E-state index contributed by atoms with van der Waals surface area (Å²) >= 11 is 0. The number of nitrogens with zero attached hydrogens (tertiary/aromatic N) is 1. The van der Waals surface area contributed by atoms with Crippen LogP contribution in [0.1, 0.15) is 46.5 Å². The zero-order valence-corrected chi connectivity index (χ0v) is 13.9. The van der Waals surface area contributed by atoms with Crippen molar-refractivity contribution < 1.29 is 19.0 Å². The topological polar surface area (TPSA) is 48.0 Å². The second-order valence-corrected chi connectivity index (χ2v) is 5.72. The largest absolute Gasteiger partial charge is 0.458 e. The Morgan fingerprint density at radius 2 is 1.57 bits per heavy atom. The zero-order valence-electron chi connectivity index (χ0n) is 13.9. The number of carbonyl (C=O) groups excluding carboxylic acids is 1. The first kappa shape index (κ1) is 18.4. The van der Waals surface area contributed by atoms with Crippen LogP contribution in [0, 0.1) is 0 Å². The van der Waals surface area contributed by atoms with Gasteiger partial charge in [0.05, 0.1) is 26.4 Å². The zero-order chi connectivity index (χ0) is 15.6. The molecule has 0 aromatic heterocycles. The molecule has 2 saturated heterocycles. The second-order valence-electron chi connectivity index (χ2n) is 5.72. The quantitative estimate of drug-likeness (QED) is 0.745. The van der Waals surface area contributed by atoms with Crippen molar-refractivity contribution in [2.75, 3.05) is 46.1 Å². The number of morpholine rings is 1. The van der Waals surface area contributed by atoms with E-state index in [2.05, 4.69) is 18.7 Å². The van der Waals surface area contributed by atoms with Gasteiger partial charge >= 0.3 is 5.97 Å². The molecule has 124 valence electrons. The molecule has 2 aliphatic rings. The maximum Gasteiger partial charge on any atom is 0.306 e. The number of carbonyl (C=O) groups is 1. The SMILES string of the molecule is CCC.CCC(=O)OC1(CN2CCOCC2)CCOCC1. The van der Waals surface area contributed by atoms with E-state index in [4.69, 9.17) is 14.2 Å². The van der Waals surface area contributed by atoms with Gasteiger partial charge in [0.2, 0.25) is 0 Å². The fourth-order valence-electron chi connectivity index (χ4n) is 2.52. The maximum atomic E-state index is 11.6. The van der Waals surface area contributed by atoms with Gasteiger partial charge in [-0.3, -0.25) is 9.69 Å². The van der Waals surface area contributed by atoms with Gasteiger partial charge in [-0.05, 0) is 0 Å². The molecule has 0 radical (unpaired) electrons. The van der Waals surface area contributed by atoms with Crippen LogP contribution in [0.25, 0.3) is 0 Å². The molecular formula is C16H31NO4. The highest BCUT2D eigenvalue weighted by atomic mass is 16.6. The molecule has 5 heteroatoms. The third-order valence-electron chi connectivity index (χ3n) is 3.64. The number of hydrogen-bond acceptors (Lipinski definition) is 5. The highest BCUT2D eigenvalue weighted by Crippen LogP contribution is 2.27. The normalized spacial score (nSPS) is 22.0. The smallest absolute Gasteiger partial charge is 0.306 e. The molecule has 2 heterocycles. The molecule has 2 aliphatic heterocycles. The lowest BCUT2D eigenvalue weighted by atomic mass is 9.93. The molecule has 2 fully saturated rings. The van der Waals surface area contributed by atoms with E-state index in [0.717, 1.165) is 45.7 Å². The van der Waals surface area contributed by atoms with E-state index >= 15 is 0 Å². The van der Waals surface area contributed by atoms with Crippen LogP contribution in [0.2, 0.25) is 0 Å². The highest BCUT2D eigenvalue weighted by molar-refractivity contribution is 5.69. The Morgan fingerprint density at radius 1 is 1.05 bits per heavy atom. The summed E-state index contributed by atoms with van der Waals surface area (Å²) in [6, 6.07) is 0. The molecule has 0 aromatic rings. The van der Waals surface area contributed by atoms with Crippen molar-refractivity contribution in [3.05, 3.63) is 0 Å². The van der Waals surface area contributed by atoms with Gasteiger partial charge in [-0.15, -0.1) is 0 Å². The lowest BCUT2D eigenvalue weighted by Gasteiger charge is -2.41. The van der Waals surface area contributed by atoms with E-state index in [9.17, 15) is 4.79 Å². The Morgan fingerprint density at radius 3 is 2.10 bits per heavy atom. The van der Waals surface area contributed by atoms with Gasteiger partial charge in [0.25, 0.3) is 0 Å². The fourth-order valence-corrected chi connectivity index (χ4v) is 2.52. The molecular weight excluding hydrogens is 270 g/mol. The van der Waals surface area contributed by atoms with Crippen LogP contribution < -0.4 is 0 Å². The van der Waals surface area contributed by atoms with Crippen LogP contribution in [-0.4, -0.2) is 62.5 Å². The van der Waals surface area contributed by atoms with Crippen molar-refractivity contribution in [2.45, 2.75) is 52.1 Å². The van der Waals surface area contributed by atoms with Crippen molar-refractivity contribution in [3.8, 4) is 0 Å². The maximum absolute atomic E-state index is 11.6. The minimum Gasteiger partial charge on any atom is -0.458 e. The molecule has 0 saturated carbocycles. The summed E-state index contributed by atoms with van der Waals surface area (Å²) in [5, 5.41) is 0. The van der Waals surface area contributed by atoms with E-state index in [1.807, 2.05) is 6.92 Å². The Bertz CT molecular complexity index is 284. The number of hydrogen-bond donors (Lipinski definition) is 0. The third kappa shape index (κ3) is 6.76. The summed E-state index contributed by atoms with van der Waals surface area (Å²) in [4.78, 5) is 14.0. The molecule has 0 unspecified atom stereocenters. The van der Waals surface area contributed by atoms with E-state index in [-0.39, 0.29) is 11.6 Å². The summed E-state index contributed by atoms with van der Waals surface area (Å²) in [5.74, 6) is -0.106. The van der Waals surface area contributed by atoms with Crippen molar-refractivity contribution in [1.82, 2.24) is 4.90 Å². The summed E-state index contributed by atoms with van der Waals surface area (Å²) in [7, 11) is 0. The van der Waals surface area contributed by atoms with E-state index in [0.29, 0.717) is 19.6 Å². The van der Waals surface area contributed by atoms with Gasteiger partial charge in [-0.1, -0.05) is 27.2 Å². The standard InChI is InChI=1S/C13H23NO4.C3H8/c1-2-12(15)18-13(3-7-16-8-4-13)11-14-5-9-17-10-6-14;1-3-2/h2-11H2,1H3;3H2,1-2H3. The summed E-state index contributed by atoms with van der Waals surface area (Å²) in [6.45, 7) is 11.7. The predicted molar refractivity (Wildman–Crippen MR) is 82.4 cm³/mol. The molecule has 5 nitrogen and oxygen atoms in total. The number of ether oxygens (including phenoxy) is 3. The van der Waals surface area contributed by atoms with Crippen molar-refractivity contribution in [1.29, 1.82) is 0 Å². The van der Waals surface area contributed by atoms with Gasteiger partial charge in [0, 0.05) is 38.9 Å². The average molecular weight is 301 g/mol. The Kier molecular flexibility index (Phi) is 8.88. The van der Waals surface area contributed by atoms with Gasteiger partial charge in [-0.2, -0.15) is 0 Å². The van der Waals surface area contributed by atoms with Crippen LogP contribution in [0.15, 0.2) is 0 Å². The first-order valence-corrected chi connectivity index (χ1v) is 8.25. The van der Waals surface area contributed by atoms with Crippen LogP contribution >= 0.6 is 0 Å². The molecule has 2 rings (SSSR count). The minimum absolute atomic E-state index is 0.106. The Balaban J connectivity index is 0.000000677. The average Bonchev–Trinajstić information content (AvgIpc) is 2.49. The van der Waals surface area contributed by atoms with E-state index < -0.39 is 0 Å². The molecule has 0 bridgehead atoms. The number of esters is 1. The van der Waals surface area contributed by atoms with Gasteiger partial charge in [0.15, 0.2) is 0 Å². The molecule has 0 N–H and O–H groups in total. The summed E-state index contributed by atoms with van der Waals surface area (Å²) < 4.78 is 16.5. The second kappa shape index (κ2) is 10.1. The van der Waals surface area contributed by atoms with E-state index in [1.165, 1.54) is 6.42 Å². The van der Waals surface area contributed by atoms with Crippen LogP contribution in [0.3, 0.4) is 0 Å². The third-order valence-corrected chi connectivity index (χ3v) is 3.64. The fraction of sp³-hybridized carbons (Fsp3) is 0.938. The van der Waals surface area contributed by atoms with E-state index in [1.54, 1.807) is 0 Å². The summed E-state index contributed by atoms with van der Waals surface area (Å²) in [6.07, 6.45) is 3.29. The lowest BCUT2D eigenvalue weighted by Crippen LogP contribution is -2.52. The van der Waals surface area contributed by atoms with Crippen molar-refractivity contribution in [3.63, 3.8) is 0 Å². The molecule has 0 amide bonds. The Labute approximate surface area is 128 Å². The molecule has 0 spiro atoms. The molecule has 21 heavy (non-hydrogen) atoms. The first-order chi connectivity index (χ1) is 10.2. The minimum atomic E-state index is -0.345. The molecule has 0 atom stereocenters. The van der Waals surface area contributed by atoms with Crippen molar-refractivity contribution in [2.24, 2.45) is 0 Å². The summed E-state index contributed by atoms with van der Waals surface area (Å²) in [5.41, 5.74) is -0.345. The molecule has 0 aliphatic carbocycles. The predicted octanol–water partition coefficient (Wildman–Crippen LogP) is 2.24. The van der Waals surface area contributed by atoms with Gasteiger partial charge in [0.1, 0.15) is 5.60 Å². The van der Waals surface area contributed by atoms with Gasteiger partial charge < -0.3 is 14.2 Å². The lowest BCUT2D eigenvalue weighted by molar-refractivity contribution is -0.173. The van der Waals surface area contributed by atoms with Crippen LogP contribution in [0.5, 0.6) is 0 Å². The monoisotopic (exact) mass is 301 g/mol. The Hall–Kier alpha value is -0.650. The number of rotatable bonds is 4. The van der Waals surface area contributed by atoms with Crippen molar-refractivity contribution >= 4 is 5.97 Å². The highest BCUT2D eigenvalue weighted by Gasteiger charge is 2.38. The first-order valence-electron chi connectivity index (χ1n) is 8.25. The van der Waals surface area contributed by atoms with Crippen LogP contribution in [-0.2, 0) is 19.0 Å². The van der Waals surface area contributed by atoms with Gasteiger partial charge in [-0.25, -0.2) is 0 Å². The van der Waals surface area contributed by atoms with Crippen LogP contribution in [0.4, 0.5) is 0 Å².